The highest BCUT2D eigenvalue weighted by Gasteiger charge is 2.28. The van der Waals surface area contributed by atoms with E-state index in [-0.39, 0.29) is 5.91 Å². The number of benzene rings is 2. The molecule has 0 bridgehead atoms. The minimum absolute atomic E-state index is 0.0319. The van der Waals surface area contributed by atoms with E-state index in [2.05, 4.69) is 27.9 Å². The van der Waals surface area contributed by atoms with E-state index in [1.165, 1.54) is 0 Å². The van der Waals surface area contributed by atoms with Crippen molar-refractivity contribution in [3.8, 4) is 5.75 Å². The fraction of sp³-hybridized carbons (Fsp3) is 0.350. The number of nitrogens with zero attached hydrogens (tertiary/aromatic N) is 2. The molecule has 3 rings (SSSR count). The van der Waals surface area contributed by atoms with Crippen LogP contribution >= 0.6 is 15.9 Å². The lowest BCUT2D eigenvalue weighted by molar-refractivity contribution is -0.139. The second kappa shape index (κ2) is 8.50. The first-order valence-corrected chi connectivity index (χ1v) is 9.37. The highest BCUT2D eigenvalue weighted by molar-refractivity contribution is 9.10. The van der Waals surface area contributed by atoms with Crippen LogP contribution in [0.1, 0.15) is 18.1 Å². The largest absolute Gasteiger partial charge is 0.476 e. The van der Waals surface area contributed by atoms with Crippen LogP contribution < -0.4 is 4.74 Å². The number of amides is 1. The summed E-state index contributed by atoms with van der Waals surface area (Å²) in [6, 6.07) is 17.3. The number of ether oxygens (including phenoxy) is 1. The maximum atomic E-state index is 13.2. The summed E-state index contributed by atoms with van der Waals surface area (Å²) in [4.78, 5) is 17.4. The quantitative estimate of drug-likeness (QED) is 0.780. The van der Waals surface area contributed by atoms with Gasteiger partial charge in [-0.05, 0) is 44.3 Å². The summed E-state index contributed by atoms with van der Waals surface area (Å²) in [7, 11) is 2.10. The van der Waals surface area contributed by atoms with Crippen molar-refractivity contribution >= 4 is 21.8 Å². The third-order valence-corrected chi connectivity index (χ3v) is 4.95. The molecule has 1 heterocycles. The van der Waals surface area contributed by atoms with Gasteiger partial charge >= 0.3 is 0 Å². The molecule has 1 atom stereocenters. The van der Waals surface area contributed by atoms with Gasteiger partial charge in [0.25, 0.3) is 5.91 Å². The molecule has 0 spiro atoms. The van der Waals surface area contributed by atoms with Crippen LogP contribution in [-0.2, 0) is 4.79 Å². The summed E-state index contributed by atoms with van der Waals surface area (Å²) in [5.74, 6) is 0.724. The average Bonchev–Trinajstić information content (AvgIpc) is 2.86. The molecular formula is C20H23BrN2O2. The first kappa shape index (κ1) is 18.0. The van der Waals surface area contributed by atoms with E-state index < -0.39 is 6.10 Å². The van der Waals surface area contributed by atoms with Crippen LogP contribution in [0.25, 0.3) is 0 Å². The lowest BCUT2D eigenvalue weighted by Crippen LogP contribution is -2.39. The first-order valence-electron chi connectivity index (χ1n) is 8.58. The van der Waals surface area contributed by atoms with Crippen LogP contribution in [0, 0.1) is 0 Å². The number of likely N-dealkylation sites (N-methyl/N-ethyl adjacent to an activating group) is 1. The molecule has 5 heteroatoms. The van der Waals surface area contributed by atoms with Gasteiger partial charge in [-0.1, -0.05) is 46.3 Å². The average molecular weight is 403 g/mol. The molecule has 1 fully saturated rings. The fourth-order valence-electron chi connectivity index (χ4n) is 2.97. The monoisotopic (exact) mass is 402 g/mol. The molecule has 1 saturated heterocycles. The van der Waals surface area contributed by atoms with E-state index >= 15 is 0 Å². The number of halogens is 1. The molecule has 0 radical (unpaired) electrons. The van der Waals surface area contributed by atoms with E-state index in [0.29, 0.717) is 5.75 Å². The summed E-state index contributed by atoms with van der Waals surface area (Å²) < 4.78 is 7.10. The van der Waals surface area contributed by atoms with Gasteiger partial charge in [-0.2, -0.15) is 0 Å². The molecule has 0 N–H and O–H groups in total. The summed E-state index contributed by atoms with van der Waals surface area (Å²) in [6.07, 6.45) is 0.368. The van der Waals surface area contributed by atoms with Gasteiger partial charge in [0.2, 0.25) is 6.10 Å². The normalized spacial score (nSPS) is 17.0. The molecule has 132 valence electrons. The number of carbonyl (C=O) groups is 1. The van der Waals surface area contributed by atoms with Crippen molar-refractivity contribution in [1.29, 1.82) is 0 Å². The molecule has 1 aliphatic heterocycles. The van der Waals surface area contributed by atoms with Crippen molar-refractivity contribution < 1.29 is 9.53 Å². The maximum Gasteiger partial charge on any atom is 0.268 e. The van der Waals surface area contributed by atoms with E-state index in [9.17, 15) is 4.79 Å². The molecule has 1 unspecified atom stereocenters. The van der Waals surface area contributed by atoms with Gasteiger partial charge < -0.3 is 14.5 Å². The zero-order valence-corrected chi connectivity index (χ0v) is 16.0. The number of carbonyl (C=O) groups excluding carboxylic acids is 1. The minimum Gasteiger partial charge on any atom is -0.476 e. The Morgan fingerprint density at radius 2 is 1.72 bits per heavy atom. The Hall–Kier alpha value is -1.85. The molecule has 25 heavy (non-hydrogen) atoms. The van der Waals surface area contributed by atoms with Crippen LogP contribution in [0.15, 0.2) is 59.1 Å². The summed E-state index contributed by atoms with van der Waals surface area (Å²) in [6.45, 7) is 3.43. The van der Waals surface area contributed by atoms with Crippen LogP contribution in [0.5, 0.6) is 5.75 Å². The van der Waals surface area contributed by atoms with Crippen molar-refractivity contribution in [1.82, 2.24) is 9.80 Å². The Balaban J connectivity index is 1.82. The number of hydrogen-bond acceptors (Lipinski definition) is 3. The van der Waals surface area contributed by atoms with E-state index in [4.69, 9.17) is 4.74 Å². The van der Waals surface area contributed by atoms with Crippen LogP contribution in [-0.4, -0.2) is 48.9 Å². The van der Waals surface area contributed by atoms with Gasteiger partial charge in [-0.15, -0.1) is 0 Å². The van der Waals surface area contributed by atoms with Gasteiger partial charge in [0.05, 0.1) is 0 Å². The topological polar surface area (TPSA) is 32.8 Å². The van der Waals surface area contributed by atoms with Crippen molar-refractivity contribution in [2.45, 2.75) is 12.5 Å². The minimum atomic E-state index is -0.620. The second-order valence-electron chi connectivity index (χ2n) is 6.34. The SMILES string of the molecule is CN1CCCN(C(=O)C(Oc2ccc(Br)cc2)c2ccccc2)CC1. The predicted octanol–water partition coefficient (Wildman–Crippen LogP) is 3.73. The third-order valence-electron chi connectivity index (χ3n) is 4.43. The molecule has 0 aromatic heterocycles. The van der Waals surface area contributed by atoms with Gasteiger partial charge in [-0.25, -0.2) is 0 Å². The third kappa shape index (κ3) is 4.83. The molecular weight excluding hydrogens is 380 g/mol. The van der Waals surface area contributed by atoms with E-state index in [1.807, 2.05) is 59.5 Å². The second-order valence-corrected chi connectivity index (χ2v) is 7.26. The lowest BCUT2D eigenvalue weighted by Gasteiger charge is -2.27. The molecule has 2 aromatic carbocycles. The highest BCUT2D eigenvalue weighted by Crippen LogP contribution is 2.26. The molecule has 4 nitrogen and oxygen atoms in total. The smallest absolute Gasteiger partial charge is 0.268 e. The standard InChI is InChI=1S/C20H23BrN2O2/c1-22-12-5-13-23(15-14-22)20(24)19(16-6-3-2-4-7-16)25-18-10-8-17(21)9-11-18/h2-4,6-11,19H,5,12-15H2,1H3. The first-order chi connectivity index (χ1) is 12.1. The zero-order chi connectivity index (χ0) is 17.6. The van der Waals surface area contributed by atoms with Crippen molar-refractivity contribution in [2.24, 2.45) is 0 Å². The summed E-state index contributed by atoms with van der Waals surface area (Å²) in [5, 5.41) is 0. The zero-order valence-electron chi connectivity index (χ0n) is 14.4. The molecule has 1 amide bonds. The summed E-state index contributed by atoms with van der Waals surface area (Å²) in [5.41, 5.74) is 0.882. The molecule has 2 aromatic rings. The lowest BCUT2D eigenvalue weighted by atomic mass is 10.1. The molecule has 0 aliphatic carbocycles. The Morgan fingerprint density at radius 1 is 1.00 bits per heavy atom. The van der Waals surface area contributed by atoms with Crippen LogP contribution in [0.2, 0.25) is 0 Å². The van der Waals surface area contributed by atoms with Gasteiger partial charge in [-0.3, -0.25) is 4.79 Å². The number of rotatable bonds is 4. The Morgan fingerprint density at radius 3 is 2.44 bits per heavy atom. The van der Waals surface area contributed by atoms with Gasteiger partial charge in [0.1, 0.15) is 5.75 Å². The highest BCUT2D eigenvalue weighted by atomic mass is 79.9. The van der Waals surface area contributed by atoms with Crippen molar-refractivity contribution in [3.63, 3.8) is 0 Å². The van der Waals surface area contributed by atoms with Crippen LogP contribution in [0.3, 0.4) is 0 Å². The molecule has 1 aliphatic rings. The Bertz CT molecular complexity index is 691. The fourth-order valence-corrected chi connectivity index (χ4v) is 3.24. The Labute approximate surface area is 157 Å². The van der Waals surface area contributed by atoms with E-state index in [0.717, 1.165) is 42.6 Å². The predicted molar refractivity (Wildman–Crippen MR) is 103 cm³/mol. The van der Waals surface area contributed by atoms with Gasteiger partial charge in [0, 0.05) is 29.7 Å². The molecule has 0 saturated carbocycles. The van der Waals surface area contributed by atoms with Gasteiger partial charge in [0.15, 0.2) is 0 Å². The summed E-state index contributed by atoms with van der Waals surface area (Å²) >= 11 is 3.43. The maximum absolute atomic E-state index is 13.2. The van der Waals surface area contributed by atoms with Crippen LogP contribution in [0.4, 0.5) is 0 Å². The Kier molecular flexibility index (Phi) is 6.10. The van der Waals surface area contributed by atoms with E-state index in [1.54, 1.807) is 0 Å². The number of hydrogen-bond donors (Lipinski definition) is 0. The van der Waals surface area contributed by atoms with Crippen molar-refractivity contribution in [3.05, 3.63) is 64.6 Å². The van der Waals surface area contributed by atoms with Crippen molar-refractivity contribution in [2.75, 3.05) is 33.2 Å².